The van der Waals surface area contributed by atoms with E-state index < -0.39 is 18.5 Å². The van der Waals surface area contributed by atoms with Gasteiger partial charge in [0.25, 0.3) is 5.91 Å². The summed E-state index contributed by atoms with van der Waals surface area (Å²) >= 11 is 11.7. The number of hydrogen-bond acceptors (Lipinski definition) is 3. The fourth-order valence-electron chi connectivity index (χ4n) is 1.70. The SMILES string of the molecule is O=C(COC(=O)/C=C/c1ccc(F)cc1)Nc1ccc(Cl)cc1Cl. The van der Waals surface area contributed by atoms with Crippen molar-refractivity contribution in [3.63, 3.8) is 0 Å². The molecule has 0 aliphatic rings. The van der Waals surface area contributed by atoms with Gasteiger partial charge in [-0.05, 0) is 42.0 Å². The molecule has 2 aromatic rings. The lowest BCUT2D eigenvalue weighted by molar-refractivity contribution is -0.142. The second-order valence-corrected chi connectivity index (χ2v) is 5.51. The van der Waals surface area contributed by atoms with Crippen molar-refractivity contribution in [1.82, 2.24) is 0 Å². The summed E-state index contributed by atoms with van der Waals surface area (Å²) in [4.78, 5) is 23.3. The van der Waals surface area contributed by atoms with Crippen LogP contribution in [0.15, 0.2) is 48.5 Å². The van der Waals surface area contributed by atoms with Gasteiger partial charge >= 0.3 is 5.97 Å². The third-order valence-electron chi connectivity index (χ3n) is 2.83. The highest BCUT2D eigenvalue weighted by atomic mass is 35.5. The number of anilines is 1. The molecule has 0 aromatic heterocycles. The van der Waals surface area contributed by atoms with E-state index in [1.807, 2.05) is 0 Å². The Kier molecular flexibility index (Phi) is 6.35. The number of hydrogen-bond donors (Lipinski definition) is 1. The van der Waals surface area contributed by atoms with Crippen molar-refractivity contribution < 1.29 is 18.7 Å². The zero-order chi connectivity index (χ0) is 17.5. The van der Waals surface area contributed by atoms with Gasteiger partial charge in [-0.2, -0.15) is 0 Å². The van der Waals surface area contributed by atoms with Crippen LogP contribution in [-0.4, -0.2) is 18.5 Å². The van der Waals surface area contributed by atoms with Gasteiger partial charge in [-0.25, -0.2) is 9.18 Å². The minimum Gasteiger partial charge on any atom is -0.452 e. The van der Waals surface area contributed by atoms with E-state index in [-0.39, 0.29) is 10.8 Å². The van der Waals surface area contributed by atoms with Crippen LogP contribution in [0.1, 0.15) is 5.56 Å². The average molecular weight is 368 g/mol. The van der Waals surface area contributed by atoms with Gasteiger partial charge < -0.3 is 10.1 Å². The molecule has 124 valence electrons. The highest BCUT2D eigenvalue weighted by Gasteiger charge is 2.08. The van der Waals surface area contributed by atoms with Crippen LogP contribution in [0.25, 0.3) is 6.08 Å². The first-order valence-corrected chi connectivity index (χ1v) is 7.55. The van der Waals surface area contributed by atoms with Crippen molar-refractivity contribution in [2.45, 2.75) is 0 Å². The fourth-order valence-corrected chi connectivity index (χ4v) is 2.16. The number of ether oxygens (including phenoxy) is 1. The van der Waals surface area contributed by atoms with Crippen molar-refractivity contribution in [3.8, 4) is 0 Å². The normalized spacial score (nSPS) is 10.6. The lowest BCUT2D eigenvalue weighted by atomic mass is 10.2. The number of esters is 1. The molecule has 0 spiro atoms. The topological polar surface area (TPSA) is 55.4 Å². The molecular formula is C17H12Cl2FNO3. The van der Waals surface area contributed by atoms with Gasteiger partial charge in [0.15, 0.2) is 6.61 Å². The lowest BCUT2D eigenvalue weighted by Crippen LogP contribution is -2.20. The Morgan fingerprint density at radius 1 is 1.12 bits per heavy atom. The van der Waals surface area contributed by atoms with Gasteiger partial charge in [-0.15, -0.1) is 0 Å². The van der Waals surface area contributed by atoms with Crippen molar-refractivity contribution in [2.75, 3.05) is 11.9 Å². The minimum atomic E-state index is -0.698. The molecule has 1 N–H and O–H groups in total. The summed E-state index contributed by atoms with van der Waals surface area (Å²) in [5.74, 6) is -1.60. The van der Waals surface area contributed by atoms with Gasteiger partial charge in [0.05, 0.1) is 10.7 Å². The van der Waals surface area contributed by atoms with Crippen molar-refractivity contribution >= 4 is 46.8 Å². The molecule has 1 amide bonds. The Morgan fingerprint density at radius 2 is 1.83 bits per heavy atom. The number of carbonyl (C=O) groups is 2. The zero-order valence-electron chi connectivity index (χ0n) is 12.3. The second-order valence-electron chi connectivity index (χ2n) is 4.66. The molecule has 0 saturated carbocycles. The zero-order valence-corrected chi connectivity index (χ0v) is 13.8. The fraction of sp³-hybridized carbons (Fsp3) is 0.0588. The molecule has 0 aliphatic carbocycles. The van der Waals surface area contributed by atoms with Crippen LogP contribution in [0.5, 0.6) is 0 Å². The Labute approximate surface area is 147 Å². The van der Waals surface area contributed by atoms with Gasteiger partial charge in [0.2, 0.25) is 0 Å². The smallest absolute Gasteiger partial charge is 0.331 e. The minimum absolute atomic E-state index is 0.276. The molecule has 0 heterocycles. The third kappa shape index (κ3) is 5.68. The standard InChI is InChI=1S/C17H12Cl2FNO3/c18-12-4-7-15(14(19)9-12)21-16(22)10-24-17(23)8-3-11-1-5-13(20)6-2-11/h1-9H,10H2,(H,21,22)/b8-3+. The van der Waals surface area contributed by atoms with Crippen LogP contribution in [0.3, 0.4) is 0 Å². The van der Waals surface area contributed by atoms with Crippen molar-refractivity contribution in [3.05, 3.63) is 70.0 Å². The van der Waals surface area contributed by atoms with E-state index in [9.17, 15) is 14.0 Å². The Morgan fingerprint density at radius 3 is 2.50 bits per heavy atom. The summed E-state index contributed by atoms with van der Waals surface area (Å²) in [6, 6.07) is 10.2. The van der Waals surface area contributed by atoms with Crippen LogP contribution >= 0.6 is 23.2 Å². The van der Waals surface area contributed by atoms with Gasteiger partial charge in [0, 0.05) is 11.1 Å². The van der Waals surface area contributed by atoms with E-state index in [0.717, 1.165) is 6.08 Å². The van der Waals surface area contributed by atoms with Crippen LogP contribution in [-0.2, 0) is 14.3 Å². The Bertz CT molecular complexity index is 776. The number of benzene rings is 2. The summed E-state index contributed by atoms with van der Waals surface area (Å²) in [5.41, 5.74) is 0.995. The quantitative estimate of drug-likeness (QED) is 0.632. The van der Waals surface area contributed by atoms with Crippen LogP contribution < -0.4 is 5.32 Å². The molecule has 0 radical (unpaired) electrons. The molecular weight excluding hydrogens is 356 g/mol. The molecule has 2 aromatic carbocycles. The highest BCUT2D eigenvalue weighted by molar-refractivity contribution is 6.36. The largest absolute Gasteiger partial charge is 0.452 e. The Hall–Kier alpha value is -2.37. The predicted molar refractivity (Wildman–Crippen MR) is 91.5 cm³/mol. The molecule has 0 unspecified atom stereocenters. The monoisotopic (exact) mass is 367 g/mol. The maximum atomic E-state index is 12.7. The van der Waals surface area contributed by atoms with E-state index >= 15 is 0 Å². The van der Waals surface area contributed by atoms with E-state index in [1.165, 1.54) is 36.4 Å². The molecule has 0 aliphatic heterocycles. The summed E-state index contributed by atoms with van der Waals surface area (Å²) in [6.07, 6.45) is 2.60. The third-order valence-corrected chi connectivity index (χ3v) is 3.38. The number of nitrogens with one attached hydrogen (secondary N) is 1. The molecule has 24 heavy (non-hydrogen) atoms. The lowest BCUT2D eigenvalue weighted by Gasteiger charge is -2.07. The van der Waals surface area contributed by atoms with E-state index in [2.05, 4.69) is 5.32 Å². The summed E-state index contributed by atoms with van der Waals surface area (Å²) in [6.45, 7) is -0.467. The first-order chi connectivity index (χ1) is 11.4. The van der Waals surface area contributed by atoms with Crippen molar-refractivity contribution in [1.29, 1.82) is 0 Å². The maximum Gasteiger partial charge on any atom is 0.331 e. The average Bonchev–Trinajstić information content (AvgIpc) is 2.55. The molecule has 0 saturated heterocycles. The summed E-state index contributed by atoms with van der Waals surface area (Å²) in [7, 11) is 0. The first-order valence-electron chi connectivity index (χ1n) is 6.79. The molecule has 0 fully saturated rings. The molecule has 0 atom stereocenters. The molecule has 2 rings (SSSR count). The summed E-state index contributed by atoms with van der Waals surface area (Å²) < 4.78 is 17.6. The molecule has 7 heteroatoms. The highest BCUT2D eigenvalue weighted by Crippen LogP contribution is 2.25. The number of halogens is 3. The summed E-state index contributed by atoms with van der Waals surface area (Å²) in [5, 5.41) is 3.22. The maximum absolute atomic E-state index is 12.7. The Balaban J connectivity index is 1.82. The van der Waals surface area contributed by atoms with E-state index in [1.54, 1.807) is 12.1 Å². The van der Waals surface area contributed by atoms with E-state index in [4.69, 9.17) is 27.9 Å². The van der Waals surface area contributed by atoms with E-state index in [0.29, 0.717) is 16.3 Å². The second kappa shape index (κ2) is 8.47. The van der Waals surface area contributed by atoms with Crippen LogP contribution in [0.4, 0.5) is 10.1 Å². The van der Waals surface area contributed by atoms with Gasteiger partial charge in [0.1, 0.15) is 5.82 Å². The number of amides is 1. The van der Waals surface area contributed by atoms with Crippen LogP contribution in [0.2, 0.25) is 10.0 Å². The van der Waals surface area contributed by atoms with Crippen LogP contribution in [0, 0.1) is 5.82 Å². The number of carbonyl (C=O) groups excluding carboxylic acids is 2. The van der Waals surface area contributed by atoms with Gasteiger partial charge in [-0.3, -0.25) is 4.79 Å². The number of rotatable bonds is 5. The van der Waals surface area contributed by atoms with Gasteiger partial charge in [-0.1, -0.05) is 35.3 Å². The molecule has 4 nitrogen and oxygen atoms in total. The van der Waals surface area contributed by atoms with Crippen molar-refractivity contribution in [2.24, 2.45) is 0 Å². The predicted octanol–water partition coefficient (Wildman–Crippen LogP) is 4.33. The first kappa shape index (κ1) is 18.0. The molecule has 0 bridgehead atoms.